The quantitative estimate of drug-likeness (QED) is 0.861. The molecule has 0 saturated carbocycles. The van der Waals surface area contributed by atoms with Gasteiger partial charge in [-0.05, 0) is 37.5 Å². The monoisotopic (exact) mass is 267 g/mol. The molecule has 1 amide bonds. The summed E-state index contributed by atoms with van der Waals surface area (Å²) in [6.45, 7) is 7.34. The molecule has 19 heavy (non-hydrogen) atoms. The Balaban J connectivity index is 2.83. The van der Waals surface area contributed by atoms with Gasteiger partial charge >= 0.3 is 0 Å². The van der Waals surface area contributed by atoms with Crippen molar-refractivity contribution in [1.82, 2.24) is 5.32 Å². The van der Waals surface area contributed by atoms with Crippen LogP contribution in [0, 0.1) is 11.7 Å². The zero-order valence-corrected chi connectivity index (χ0v) is 11.9. The van der Waals surface area contributed by atoms with Gasteiger partial charge in [-0.15, -0.1) is 0 Å². The van der Waals surface area contributed by atoms with Gasteiger partial charge in [0.15, 0.2) is 0 Å². The molecule has 1 rings (SSSR count). The van der Waals surface area contributed by atoms with Crippen LogP contribution in [0.2, 0.25) is 0 Å². The van der Waals surface area contributed by atoms with Gasteiger partial charge < -0.3 is 10.4 Å². The third kappa shape index (κ3) is 4.99. The Kier molecular flexibility index (Phi) is 5.06. The van der Waals surface area contributed by atoms with E-state index in [-0.39, 0.29) is 30.1 Å². The topological polar surface area (TPSA) is 49.3 Å². The van der Waals surface area contributed by atoms with Gasteiger partial charge in [-0.1, -0.05) is 26.0 Å². The predicted molar refractivity (Wildman–Crippen MR) is 73.3 cm³/mol. The zero-order valence-electron chi connectivity index (χ0n) is 11.9. The van der Waals surface area contributed by atoms with Gasteiger partial charge in [-0.2, -0.15) is 0 Å². The van der Waals surface area contributed by atoms with E-state index in [2.05, 4.69) is 5.32 Å². The average molecular weight is 267 g/mol. The molecule has 1 atom stereocenters. The second-order valence-corrected chi connectivity index (χ2v) is 5.80. The van der Waals surface area contributed by atoms with Gasteiger partial charge in [0.05, 0.1) is 11.5 Å². The molecule has 3 nitrogen and oxygen atoms in total. The highest BCUT2D eigenvalue weighted by atomic mass is 19.1. The maximum Gasteiger partial charge on any atom is 0.227 e. The number of amides is 1. The smallest absolute Gasteiger partial charge is 0.227 e. The van der Waals surface area contributed by atoms with Crippen LogP contribution in [-0.2, 0) is 4.79 Å². The van der Waals surface area contributed by atoms with Crippen LogP contribution in [0.4, 0.5) is 4.39 Å². The molecule has 0 radical (unpaired) electrons. The van der Waals surface area contributed by atoms with E-state index in [0.29, 0.717) is 0 Å². The van der Waals surface area contributed by atoms with Gasteiger partial charge in [-0.3, -0.25) is 4.79 Å². The summed E-state index contributed by atoms with van der Waals surface area (Å²) < 4.78 is 12.9. The standard InChI is InChI=1S/C15H22FNO2/c1-10(2)13(11-5-7-12(16)8-6-11)14(18)17-9-15(3,4)19/h5-8,10,13,19H,9H2,1-4H3,(H,17,18). The lowest BCUT2D eigenvalue weighted by Gasteiger charge is -2.24. The molecule has 1 unspecified atom stereocenters. The van der Waals surface area contributed by atoms with Crippen molar-refractivity contribution in [2.24, 2.45) is 5.92 Å². The van der Waals surface area contributed by atoms with Crippen LogP contribution in [0.3, 0.4) is 0 Å². The van der Waals surface area contributed by atoms with Crippen LogP contribution in [-0.4, -0.2) is 23.2 Å². The minimum absolute atomic E-state index is 0.0901. The van der Waals surface area contributed by atoms with Gasteiger partial charge in [-0.25, -0.2) is 4.39 Å². The van der Waals surface area contributed by atoms with Crippen LogP contribution in [0.5, 0.6) is 0 Å². The molecule has 0 aromatic heterocycles. The van der Waals surface area contributed by atoms with E-state index >= 15 is 0 Å². The summed E-state index contributed by atoms with van der Waals surface area (Å²) in [7, 11) is 0. The maximum absolute atomic E-state index is 12.9. The third-order valence-corrected chi connectivity index (χ3v) is 2.87. The van der Waals surface area contributed by atoms with Crippen molar-refractivity contribution in [1.29, 1.82) is 0 Å². The minimum atomic E-state index is -0.944. The Morgan fingerprint density at radius 2 is 1.84 bits per heavy atom. The highest BCUT2D eigenvalue weighted by molar-refractivity contribution is 5.83. The Morgan fingerprint density at radius 3 is 2.26 bits per heavy atom. The number of carbonyl (C=O) groups is 1. The molecule has 0 aliphatic rings. The molecular weight excluding hydrogens is 245 g/mol. The fourth-order valence-electron chi connectivity index (χ4n) is 1.92. The summed E-state index contributed by atoms with van der Waals surface area (Å²) >= 11 is 0. The van der Waals surface area contributed by atoms with Crippen LogP contribution >= 0.6 is 0 Å². The minimum Gasteiger partial charge on any atom is -0.389 e. The second-order valence-electron chi connectivity index (χ2n) is 5.80. The van der Waals surface area contributed by atoms with Crippen molar-refractivity contribution in [2.45, 2.75) is 39.2 Å². The van der Waals surface area contributed by atoms with Crippen molar-refractivity contribution in [3.05, 3.63) is 35.6 Å². The molecule has 0 saturated heterocycles. The first kappa shape index (κ1) is 15.6. The van der Waals surface area contributed by atoms with E-state index < -0.39 is 5.60 Å². The van der Waals surface area contributed by atoms with Crippen molar-refractivity contribution in [3.63, 3.8) is 0 Å². The second kappa shape index (κ2) is 6.15. The summed E-state index contributed by atoms with van der Waals surface area (Å²) in [5.74, 6) is -0.720. The SMILES string of the molecule is CC(C)C(C(=O)NCC(C)(C)O)c1ccc(F)cc1. The van der Waals surface area contributed by atoms with Gasteiger partial charge in [0, 0.05) is 6.54 Å². The predicted octanol–water partition coefficient (Wildman–Crippen LogP) is 2.45. The van der Waals surface area contributed by atoms with Crippen LogP contribution in [0.15, 0.2) is 24.3 Å². The van der Waals surface area contributed by atoms with E-state index in [0.717, 1.165) is 5.56 Å². The number of nitrogens with one attached hydrogen (secondary N) is 1. The fraction of sp³-hybridized carbons (Fsp3) is 0.533. The molecule has 1 aromatic carbocycles. The van der Waals surface area contributed by atoms with Crippen LogP contribution < -0.4 is 5.32 Å². The first-order valence-corrected chi connectivity index (χ1v) is 6.46. The van der Waals surface area contributed by atoms with E-state index in [4.69, 9.17) is 0 Å². The molecule has 1 aromatic rings. The van der Waals surface area contributed by atoms with E-state index in [1.165, 1.54) is 12.1 Å². The number of halogens is 1. The maximum atomic E-state index is 12.9. The summed E-state index contributed by atoms with van der Waals surface area (Å²) in [5.41, 5.74) is -0.162. The summed E-state index contributed by atoms with van der Waals surface area (Å²) in [4.78, 5) is 12.2. The molecule has 0 fully saturated rings. The van der Waals surface area contributed by atoms with E-state index in [1.807, 2.05) is 13.8 Å². The molecule has 0 heterocycles. The fourth-order valence-corrected chi connectivity index (χ4v) is 1.92. The lowest BCUT2D eigenvalue weighted by molar-refractivity contribution is -0.124. The summed E-state index contributed by atoms with van der Waals surface area (Å²) in [6.07, 6.45) is 0. The molecular formula is C15H22FNO2. The van der Waals surface area contributed by atoms with Crippen LogP contribution in [0.25, 0.3) is 0 Å². The molecule has 0 spiro atoms. The highest BCUT2D eigenvalue weighted by Crippen LogP contribution is 2.25. The van der Waals surface area contributed by atoms with Crippen LogP contribution in [0.1, 0.15) is 39.2 Å². The molecule has 2 N–H and O–H groups in total. The summed E-state index contributed by atoms with van der Waals surface area (Å²) in [5, 5.41) is 12.4. The number of carbonyl (C=O) groups excluding carboxylic acids is 1. The number of hydrogen-bond donors (Lipinski definition) is 2. The van der Waals surface area contributed by atoms with Crippen molar-refractivity contribution >= 4 is 5.91 Å². The molecule has 0 bridgehead atoms. The summed E-state index contributed by atoms with van der Waals surface area (Å²) in [6, 6.07) is 5.97. The Hall–Kier alpha value is -1.42. The third-order valence-electron chi connectivity index (χ3n) is 2.87. The average Bonchev–Trinajstić information content (AvgIpc) is 2.28. The lowest BCUT2D eigenvalue weighted by atomic mass is 9.87. The van der Waals surface area contributed by atoms with Crippen molar-refractivity contribution in [2.75, 3.05) is 6.54 Å². The number of hydrogen-bond acceptors (Lipinski definition) is 2. The number of benzene rings is 1. The molecule has 0 aliphatic heterocycles. The Labute approximate surface area is 113 Å². The Morgan fingerprint density at radius 1 is 1.32 bits per heavy atom. The first-order valence-electron chi connectivity index (χ1n) is 6.46. The molecule has 106 valence electrons. The zero-order chi connectivity index (χ0) is 14.6. The lowest BCUT2D eigenvalue weighted by Crippen LogP contribution is -2.41. The first-order chi connectivity index (χ1) is 8.70. The molecule has 0 aliphatic carbocycles. The van der Waals surface area contributed by atoms with Gasteiger partial charge in [0.1, 0.15) is 5.82 Å². The number of rotatable bonds is 5. The highest BCUT2D eigenvalue weighted by Gasteiger charge is 2.25. The van der Waals surface area contributed by atoms with Crippen molar-refractivity contribution < 1.29 is 14.3 Å². The molecule has 4 heteroatoms. The van der Waals surface area contributed by atoms with Crippen molar-refractivity contribution in [3.8, 4) is 0 Å². The van der Waals surface area contributed by atoms with Gasteiger partial charge in [0.2, 0.25) is 5.91 Å². The Bertz CT molecular complexity index is 421. The number of aliphatic hydroxyl groups is 1. The van der Waals surface area contributed by atoms with E-state index in [1.54, 1.807) is 26.0 Å². The van der Waals surface area contributed by atoms with Gasteiger partial charge in [0.25, 0.3) is 0 Å². The van der Waals surface area contributed by atoms with E-state index in [9.17, 15) is 14.3 Å². The normalized spacial score (nSPS) is 13.4. The largest absolute Gasteiger partial charge is 0.389 e.